The standard InChI is InChI=1S/C14H18N2O/c17-14-8-12-6-7-13(9-15-14)16(12)10-11-4-2-1-3-5-11/h1-5,12-13H,6-10H2,(H,15,17)/t12-,13+/m0/s1. The van der Waals surface area contributed by atoms with E-state index in [-0.39, 0.29) is 5.91 Å². The van der Waals surface area contributed by atoms with E-state index in [4.69, 9.17) is 0 Å². The second-order valence-electron chi connectivity index (χ2n) is 5.05. The van der Waals surface area contributed by atoms with Crippen LogP contribution in [0.5, 0.6) is 0 Å². The van der Waals surface area contributed by atoms with Crippen molar-refractivity contribution in [3.8, 4) is 0 Å². The van der Waals surface area contributed by atoms with Gasteiger partial charge in [-0.1, -0.05) is 30.3 Å². The first-order valence-corrected chi connectivity index (χ1v) is 6.39. The van der Waals surface area contributed by atoms with Gasteiger partial charge >= 0.3 is 0 Å². The minimum atomic E-state index is 0.218. The SMILES string of the molecule is O=C1C[C@@H]2CC[C@H](CN1)N2Cc1ccccc1. The zero-order chi connectivity index (χ0) is 11.7. The van der Waals surface area contributed by atoms with Crippen molar-refractivity contribution >= 4 is 5.91 Å². The van der Waals surface area contributed by atoms with E-state index in [1.54, 1.807) is 0 Å². The first-order chi connectivity index (χ1) is 8.33. The topological polar surface area (TPSA) is 32.3 Å². The summed E-state index contributed by atoms with van der Waals surface area (Å²) >= 11 is 0. The molecule has 2 fully saturated rings. The maximum Gasteiger partial charge on any atom is 0.221 e. The minimum Gasteiger partial charge on any atom is -0.354 e. The van der Waals surface area contributed by atoms with Crippen molar-refractivity contribution in [1.82, 2.24) is 10.2 Å². The van der Waals surface area contributed by atoms with Crippen LogP contribution in [-0.2, 0) is 11.3 Å². The monoisotopic (exact) mass is 230 g/mol. The Kier molecular flexibility index (Phi) is 2.85. The van der Waals surface area contributed by atoms with Crippen LogP contribution in [0.2, 0.25) is 0 Å². The predicted octanol–water partition coefficient (Wildman–Crippen LogP) is 1.54. The highest BCUT2D eigenvalue weighted by Gasteiger charge is 2.36. The molecule has 2 atom stereocenters. The molecule has 2 heterocycles. The summed E-state index contributed by atoms with van der Waals surface area (Å²) < 4.78 is 0. The molecule has 3 nitrogen and oxygen atoms in total. The largest absolute Gasteiger partial charge is 0.354 e. The second-order valence-corrected chi connectivity index (χ2v) is 5.05. The summed E-state index contributed by atoms with van der Waals surface area (Å²) in [6.45, 7) is 1.80. The van der Waals surface area contributed by atoms with Crippen LogP contribution in [0.15, 0.2) is 30.3 Å². The van der Waals surface area contributed by atoms with Gasteiger partial charge in [-0.15, -0.1) is 0 Å². The molecule has 0 unspecified atom stereocenters. The number of nitrogens with zero attached hydrogens (tertiary/aromatic N) is 1. The number of rotatable bonds is 2. The molecule has 90 valence electrons. The molecule has 2 aliphatic heterocycles. The van der Waals surface area contributed by atoms with Gasteiger partial charge in [-0.05, 0) is 18.4 Å². The predicted molar refractivity (Wildman–Crippen MR) is 66.4 cm³/mol. The lowest BCUT2D eigenvalue weighted by Gasteiger charge is -2.27. The summed E-state index contributed by atoms with van der Waals surface area (Å²) in [4.78, 5) is 14.0. The molecule has 1 N–H and O–H groups in total. The molecule has 0 radical (unpaired) electrons. The summed E-state index contributed by atoms with van der Waals surface area (Å²) in [7, 11) is 0. The third-order valence-corrected chi connectivity index (χ3v) is 3.93. The van der Waals surface area contributed by atoms with Crippen molar-refractivity contribution in [1.29, 1.82) is 0 Å². The average Bonchev–Trinajstić information content (AvgIpc) is 2.62. The Labute approximate surface area is 102 Å². The Balaban J connectivity index is 1.76. The summed E-state index contributed by atoms with van der Waals surface area (Å²) in [5.41, 5.74) is 1.35. The fourth-order valence-electron chi connectivity index (χ4n) is 3.02. The first kappa shape index (κ1) is 10.8. The molecular formula is C14H18N2O. The van der Waals surface area contributed by atoms with Crippen LogP contribution < -0.4 is 5.32 Å². The number of amides is 1. The van der Waals surface area contributed by atoms with Gasteiger partial charge in [0, 0.05) is 31.6 Å². The Morgan fingerprint density at radius 3 is 2.76 bits per heavy atom. The lowest BCUT2D eigenvalue weighted by molar-refractivity contribution is -0.121. The van der Waals surface area contributed by atoms with Crippen molar-refractivity contribution in [3.05, 3.63) is 35.9 Å². The molecule has 0 saturated carbocycles. The smallest absolute Gasteiger partial charge is 0.221 e. The van der Waals surface area contributed by atoms with Crippen LogP contribution in [0.4, 0.5) is 0 Å². The fourth-order valence-corrected chi connectivity index (χ4v) is 3.02. The molecular weight excluding hydrogens is 212 g/mol. The molecule has 3 rings (SSSR count). The number of hydrogen-bond donors (Lipinski definition) is 1. The van der Waals surface area contributed by atoms with Crippen molar-refractivity contribution in [3.63, 3.8) is 0 Å². The van der Waals surface area contributed by atoms with Crippen LogP contribution >= 0.6 is 0 Å². The summed E-state index contributed by atoms with van der Waals surface area (Å²) in [5, 5.41) is 3.01. The molecule has 1 aromatic carbocycles. The van der Waals surface area contributed by atoms with E-state index < -0.39 is 0 Å². The van der Waals surface area contributed by atoms with Gasteiger partial charge in [0.25, 0.3) is 0 Å². The molecule has 2 saturated heterocycles. The fraction of sp³-hybridized carbons (Fsp3) is 0.500. The van der Waals surface area contributed by atoms with Crippen molar-refractivity contribution in [2.24, 2.45) is 0 Å². The molecule has 0 aromatic heterocycles. The number of hydrogen-bond acceptors (Lipinski definition) is 2. The van der Waals surface area contributed by atoms with Gasteiger partial charge in [0.15, 0.2) is 0 Å². The van der Waals surface area contributed by atoms with E-state index in [2.05, 4.69) is 34.5 Å². The molecule has 2 aliphatic rings. The van der Waals surface area contributed by atoms with Gasteiger partial charge in [-0.3, -0.25) is 9.69 Å². The average molecular weight is 230 g/mol. The minimum absolute atomic E-state index is 0.218. The summed E-state index contributed by atoms with van der Waals surface area (Å²) in [5.74, 6) is 0.218. The van der Waals surface area contributed by atoms with Crippen molar-refractivity contribution < 1.29 is 4.79 Å². The van der Waals surface area contributed by atoms with Gasteiger partial charge in [-0.2, -0.15) is 0 Å². The van der Waals surface area contributed by atoms with E-state index in [0.717, 1.165) is 13.1 Å². The summed E-state index contributed by atoms with van der Waals surface area (Å²) in [6, 6.07) is 11.5. The Hall–Kier alpha value is -1.35. The van der Waals surface area contributed by atoms with Gasteiger partial charge in [0.1, 0.15) is 0 Å². The van der Waals surface area contributed by atoms with Gasteiger partial charge in [-0.25, -0.2) is 0 Å². The maximum absolute atomic E-state index is 11.5. The third kappa shape index (κ3) is 2.20. The summed E-state index contributed by atoms with van der Waals surface area (Å²) in [6.07, 6.45) is 3.06. The number of carbonyl (C=O) groups excluding carboxylic acids is 1. The van der Waals surface area contributed by atoms with Crippen LogP contribution in [0, 0.1) is 0 Å². The number of benzene rings is 1. The van der Waals surface area contributed by atoms with Crippen molar-refractivity contribution in [2.45, 2.75) is 37.9 Å². The number of carbonyl (C=O) groups is 1. The van der Waals surface area contributed by atoms with Crippen LogP contribution in [0.3, 0.4) is 0 Å². The maximum atomic E-state index is 11.5. The second kappa shape index (κ2) is 4.49. The van der Waals surface area contributed by atoms with E-state index >= 15 is 0 Å². The lowest BCUT2D eigenvalue weighted by atomic mass is 10.1. The number of fused-ring (bicyclic) bond motifs is 2. The quantitative estimate of drug-likeness (QED) is 0.836. The molecule has 0 spiro atoms. The zero-order valence-corrected chi connectivity index (χ0v) is 9.93. The highest BCUT2D eigenvalue weighted by Crippen LogP contribution is 2.29. The Bertz CT molecular complexity index is 404. The van der Waals surface area contributed by atoms with Gasteiger partial charge in [0.2, 0.25) is 5.91 Å². The molecule has 0 aliphatic carbocycles. The number of nitrogens with one attached hydrogen (secondary N) is 1. The third-order valence-electron chi connectivity index (χ3n) is 3.93. The van der Waals surface area contributed by atoms with E-state index in [1.165, 1.54) is 18.4 Å². The molecule has 2 bridgehead atoms. The first-order valence-electron chi connectivity index (χ1n) is 6.39. The Morgan fingerprint density at radius 1 is 1.18 bits per heavy atom. The van der Waals surface area contributed by atoms with E-state index in [9.17, 15) is 4.79 Å². The molecule has 17 heavy (non-hydrogen) atoms. The van der Waals surface area contributed by atoms with E-state index in [0.29, 0.717) is 18.5 Å². The zero-order valence-electron chi connectivity index (χ0n) is 9.93. The van der Waals surface area contributed by atoms with Crippen LogP contribution in [0.1, 0.15) is 24.8 Å². The highest BCUT2D eigenvalue weighted by atomic mass is 16.1. The molecule has 3 heteroatoms. The van der Waals surface area contributed by atoms with E-state index in [1.807, 2.05) is 6.07 Å². The molecule has 1 aromatic rings. The van der Waals surface area contributed by atoms with Gasteiger partial charge in [0.05, 0.1) is 0 Å². The van der Waals surface area contributed by atoms with Crippen molar-refractivity contribution in [2.75, 3.05) is 6.54 Å². The lowest BCUT2D eigenvalue weighted by Crippen LogP contribution is -2.37. The van der Waals surface area contributed by atoms with Gasteiger partial charge < -0.3 is 5.32 Å². The normalized spacial score (nSPS) is 28.8. The highest BCUT2D eigenvalue weighted by molar-refractivity contribution is 5.77. The van der Waals surface area contributed by atoms with Crippen LogP contribution in [-0.4, -0.2) is 29.4 Å². The van der Waals surface area contributed by atoms with Crippen LogP contribution in [0.25, 0.3) is 0 Å². The Morgan fingerprint density at radius 2 is 1.94 bits per heavy atom. The molecule has 1 amide bonds.